The normalized spacial score (nSPS) is 26.4. The largest absolute Gasteiger partial charge is 0.476 e. The van der Waals surface area contributed by atoms with E-state index < -0.39 is 40.9 Å². The van der Waals surface area contributed by atoms with Crippen molar-refractivity contribution < 1.29 is 29.3 Å². The van der Waals surface area contributed by atoms with Gasteiger partial charge in [0.25, 0.3) is 5.09 Å². The molecule has 0 amide bonds. The third-order valence-corrected chi connectivity index (χ3v) is 8.64. The van der Waals surface area contributed by atoms with E-state index in [4.69, 9.17) is 25.9 Å². The highest BCUT2D eigenvalue weighted by Crippen LogP contribution is 2.47. The van der Waals surface area contributed by atoms with Gasteiger partial charge in [0.2, 0.25) is 5.82 Å². The highest BCUT2D eigenvalue weighted by molar-refractivity contribution is 6.31. The Kier molecular flexibility index (Phi) is 7.90. The van der Waals surface area contributed by atoms with Gasteiger partial charge in [-0.25, -0.2) is 4.79 Å². The number of ether oxygens (including phenoxy) is 2. The number of fused-ring (bicyclic) bond motifs is 1. The summed E-state index contributed by atoms with van der Waals surface area (Å²) in [5.74, 6) is -1.08. The third kappa shape index (κ3) is 5.26. The van der Waals surface area contributed by atoms with Gasteiger partial charge in [0.05, 0.1) is 25.2 Å². The van der Waals surface area contributed by atoms with Gasteiger partial charge in [-0.3, -0.25) is 0 Å². The van der Waals surface area contributed by atoms with Crippen LogP contribution in [0.4, 0.5) is 0 Å². The second kappa shape index (κ2) is 11.8. The lowest BCUT2D eigenvalue weighted by atomic mass is 9.82. The minimum Gasteiger partial charge on any atom is -0.476 e. The van der Waals surface area contributed by atoms with Gasteiger partial charge in [0.1, 0.15) is 16.9 Å². The average molecular weight is 612 g/mol. The minimum absolute atomic E-state index is 0.00356. The van der Waals surface area contributed by atoms with Gasteiger partial charge >= 0.3 is 5.97 Å². The average Bonchev–Trinajstić information content (AvgIpc) is 3.78. The van der Waals surface area contributed by atoms with E-state index in [1.165, 1.54) is 0 Å². The minimum atomic E-state index is -1.17. The van der Waals surface area contributed by atoms with Crippen molar-refractivity contribution >= 4 is 17.6 Å². The summed E-state index contributed by atoms with van der Waals surface area (Å²) in [6, 6.07) is 15.5. The van der Waals surface area contributed by atoms with Crippen molar-refractivity contribution in [3.05, 3.63) is 75.1 Å². The summed E-state index contributed by atoms with van der Waals surface area (Å²) in [5.41, 5.74) is 2.49. The Hall–Kier alpha value is -4.27. The van der Waals surface area contributed by atoms with Crippen LogP contribution in [0.2, 0.25) is 0 Å². The Morgan fingerprint density at radius 2 is 1.93 bits per heavy atom. The van der Waals surface area contributed by atoms with E-state index in [2.05, 4.69) is 25.9 Å². The Morgan fingerprint density at radius 1 is 1.19 bits per heavy atom. The van der Waals surface area contributed by atoms with Crippen LogP contribution in [0.5, 0.6) is 0 Å². The molecule has 0 radical (unpaired) electrons. The fraction of sp³-hybridized carbons (Fsp3) is 0.429. The van der Waals surface area contributed by atoms with Crippen LogP contribution >= 0.6 is 11.6 Å². The predicted octanol–water partition coefficient (Wildman–Crippen LogP) is 3.31. The number of nitrogens with one attached hydrogen (secondary N) is 2. The van der Waals surface area contributed by atoms with Gasteiger partial charge in [0, 0.05) is 12.1 Å². The summed E-state index contributed by atoms with van der Waals surface area (Å²) in [6.45, 7) is 2.45. The fourth-order valence-corrected chi connectivity index (χ4v) is 6.79. The van der Waals surface area contributed by atoms with Gasteiger partial charge in [-0.15, -0.1) is 20.3 Å². The molecule has 226 valence electrons. The first-order chi connectivity index (χ1) is 20.8. The molecular formula is C28H30ClN7O7. The van der Waals surface area contributed by atoms with Gasteiger partial charge in [0.15, 0.2) is 11.8 Å². The van der Waals surface area contributed by atoms with Crippen LogP contribution in [0.1, 0.15) is 31.7 Å². The maximum absolute atomic E-state index is 12.6. The lowest BCUT2D eigenvalue weighted by molar-refractivity contribution is -0.769. The Balaban J connectivity index is 1.32. The molecule has 0 aliphatic carbocycles. The molecule has 3 N–H and O–H groups in total. The smallest absolute Gasteiger partial charge is 0.355 e. The number of hydrogen-bond donors (Lipinski definition) is 3. The summed E-state index contributed by atoms with van der Waals surface area (Å²) in [5, 5.41) is 38.2. The Labute approximate surface area is 251 Å². The first kappa shape index (κ1) is 28.8. The van der Waals surface area contributed by atoms with Gasteiger partial charge in [-0.1, -0.05) is 73.5 Å². The molecule has 2 aromatic carbocycles. The standard InChI is InChI=1S/C28H30ClN7O7/c1-2-3-12-28(20-14-41-24-21(43-36(39)40)15-42-23(20)24)30-25(29)22(27(37)38)35(28)13-16-8-10-17(11-9-16)18-6-4-5-7-19(18)26-31-33-34-32-26/h4-11,20-21,23-24,30H,2-3,12-15H2,1H3,(H,37,38)(H,31,32,33,34)/t20-,21+,23+,24+,28?/m0/s1. The number of carbonyl (C=O) groups is 1. The van der Waals surface area contributed by atoms with Crippen LogP contribution in [0.3, 0.4) is 0 Å². The SMILES string of the molecule is CCCCC1([C@H]2CO[C@H]3[C@@H]2OC[C@H]3O[N+](=O)[O-])NC(Cl)=C(C(=O)O)N1Cc1ccc(-c2ccccc2-c2nn[nH]n2)cc1. The summed E-state index contributed by atoms with van der Waals surface area (Å²) < 4.78 is 12.0. The predicted molar refractivity (Wildman–Crippen MR) is 151 cm³/mol. The summed E-state index contributed by atoms with van der Waals surface area (Å²) >= 11 is 6.62. The van der Waals surface area contributed by atoms with E-state index >= 15 is 0 Å². The monoisotopic (exact) mass is 611 g/mol. The summed E-state index contributed by atoms with van der Waals surface area (Å²) in [7, 11) is 0. The maximum atomic E-state index is 12.6. The number of carboxylic acids is 1. The van der Waals surface area contributed by atoms with E-state index in [0.717, 1.165) is 35.1 Å². The second-order valence-corrected chi connectivity index (χ2v) is 11.1. The molecule has 3 aliphatic heterocycles. The van der Waals surface area contributed by atoms with Crippen molar-refractivity contribution in [3.8, 4) is 22.5 Å². The zero-order chi connectivity index (χ0) is 30.1. The maximum Gasteiger partial charge on any atom is 0.355 e. The topological polar surface area (TPSA) is 178 Å². The number of nitrogens with zero attached hydrogens (tertiary/aromatic N) is 5. The van der Waals surface area contributed by atoms with Crippen LogP contribution in [-0.4, -0.2) is 78.9 Å². The van der Waals surface area contributed by atoms with Crippen molar-refractivity contribution in [2.24, 2.45) is 5.92 Å². The molecule has 0 bridgehead atoms. The van der Waals surface area contributed by atoms with Crippen molar-refractivity contribution in [1.82, 2.24) is 30.8 Å². The molecule has 2 fully saturated rings. The van der Waals surface area contributed by atoms with Crippen LogP contribution in [0, 0.1) is 16.0 Å². The van der Waals surface area contributed by atoms with Crippen LogP contribution in [0.15, 0.2) is 59.4 Å². The summed E-state index contributed by atoms with van der Waals surface area (Å²) in [6.07, 6.45) is 0.0559. The lowest BCUT2D eigenvalue weighted by Gasteiger charge is -2.46. The molecule has 1 unspecified atom stereocenters. The number of aromatic nitrogens is 4. The molecule has 5 atom stereocenters. The third-order valence-electron chi connectivity index (χ3n) is 8.36. The highest BCUT2D eigenvalue weighted by Gasteiger charge is 2.61. The van der Waals surface area contributed by atoms with Crippen molar-refractivity contribution in [1.29, 1.82) is 0 Å². The number of hydrogen-bond acceptors (Lipinski definition) is 11. The highest BCUT2D eigenvalue weighted by atomic mass is 35.5. The number of rotatable bonds is 11. The molecule has 15 heteroatoms. The molecule has 0 spiro atoms. The van der Waals surface area contributed by atoms with E-state index in [0.29, 0.717) is 12.2 Å². The van der Waals surface area contributed by atoms with Crippen LogP contribution in [-0.2, 0) is 25.7 Å². The number of benzene rings is 2. The van der Waals surface area contributed by atoms with Crippen molar-refractivity contribution in [2.75, 3.05) is 13.2 Å². The summed E-state index contributed by atoms with van der Waals surface area (Å²) in [4.78, 5) is 30.2. The lowest BCUT2D eigenvalue weighted by Crippen LogP contribution is -2.61. The fourth-order valence-electron chi connectivity index (χ4n) is 6.44. The Morgan fingerprint density at radius 3 is 2.60 bits per heavy atom. The molecule has 3 aromatic rings. The molecule has 6 rings (SSSR count). The molecule has 14 nitrogen and oxygen atoms in total. The van der Waals surface area contributed by atoms with Gasteiger partial charge in [-0.05, 0) is 34.7 Å². The van der Waals surface area contributed by atoms with Gasteiger partial charge < -0.3 is 29.6 Å². The van der Waals surface area contributed by atoms with E-state index in [-0.39, 0.29) is 30.6 Å². The zero-order valence-corrected chi connectivity index (χ0v) is 23.9. The van der Waals surface area contributed by atoms with Crippen LogP contribution < -0.4 is 5.32 Å². The zero-order valence-electron chi connectivity index (χ0n) is 23.2. The molecule has 3 aliphatic rings. The number of aliphatic carboxylic acids is 1. The first-order valence-electron chi connectivity index (χ1n) is 14.0. The van der Waals surface area contributed by atoms with Gasteiger partial charge in [-0.2, -0.15) is 5.21 Å². The van der Waals surface area contributed by atoms with Crippen molar-refractivity contribution in [2.45, 2.75) is 56.7 Å². The second-order valence-electron chi connectivity index (χ2n) is 10.8. The van der Waals surface area contributed by atoms with E-state index in [1.807, 2.05) is 55.5 Å². The number of carboxylic acid groups (broad SMARTS) is 1. The number of halogens is 1. The van der Waals surface area contributed by atoms with E-state index in [9.17, 15) is 20.0 Å². The molecule has 4 heterocycles. The molecule has 2 saturated heterocycles. The van der Waals surface area contributed by atoms with E-state index in [1.54, 1.807) is 4.90 Å². The first-order valence-corrected chi connectivity index (χ1v) is 14.4. The number of aromatic amines is 1. The Bertz CT molecular complexity index is 1520. The quantitative estimate of drug-likeness (QED) is 0.164. The molecular weight excluding hydrogens is 582 g/mol. The number of H-pyrrole nitrogens is 1. The number of tetrazole rings is 1. The molecule has 1 aromatic heterocycles. The van der Waals surface area contributed by atoms with Crippen molar-refractivity contribution in [3.63, 3.8) is 0 Å². The molecule has 0 saturated carbocycles. The molecule has 43 heavy (non-hydrogen) atoms. The number of unbranched alkanes of at least 4 members (excludes halogenated alkanes) is 1. The van der Waals surface area contributed by atoms with Crippen LogP contribution in [0.25, 0.3) is 22.5 Å².